The highest BCUT2D eigenvalue weighted by molar-refractivity contribution is 4.90. The molecule has 0 atom stereocenters. The first-order valence-electron chi connectivity index (χ1n) is 6.56. The van der Waals surface area contributed by atoms with E-state index >= 15 is 0 Å². The van der Waals surface area contributed by atoms with Gasteiger partial charge in [0.25, 0.3) is 0 Å². The molecule has 0 spiro atoms. The van der Waals surface area contributed by atoms with Crippen LogP contribution in [0.25, 0.3) is 0 Å². The van der Waals surface area contributed by atoms with Crippen LogP contribution in [0.1, 0.15) is 40.0 Å². The van der Waals surface area contributed by atoms with Crippen molar-refractivity contribution in [2.75, 3.05) is 33.2 Å². The standard InChI is InChI=1S/C14H30N2/c1-13(2)11-15-9-7-6-8-10-16(5)12-14(3)4/h13,15H,3,6-12H2,1-2,4-5H3. The zero-order valence-corrected chi connectivity index (χ0v) is 11.7. The first-order chi connectivity index (χ1) is 7.52. The van der Waals surface area contributed by atoms with Crippen LogP contribution in [0.4, 0.5) is 0 Å². The Morgan fingerprint density at radius 1 is 1.25 bits per heavy atom. The third kappa shape index (κ3) is 11.7. The molecule has 0 saturated heterocycles. The molecule has 0 radical (unpaired) electrons. The highest BCUT2D eigenvalue weighted by Crippen LogP contribution is 1.99. The van der Waals surface area contributed by atoms with Crippen LogP contribution in [-0.2, 0) is 0 Å². The van der Waals surface area contributed by atoms with Gasteiger partial charge in [0.1, 0.15) is 0 Å². The molecule has 2 nitrogen and oxygen atoms in total. The van der Waals surface area contributed by atoms with Gasteiger partial charge in [-0.3, -0.25) is 0 Å². The SMILES string of the molecule is C=C(C)CN(C)CCCCCNCC(C)C. The molecule has 0 rings (SSSR count). The van der Waals surface area contributed by atoms with E-state index in [4.69, 9.17) is 0 Å². The summed E-state index contributed by atoms with van der Waals surface area (Å²) in [6, 6.07) is 0. The summed E-state index contributed by atoms with van der Waals surface area (Å²) in [5, 5.41) is 3.48. The van der Waals surface area contributed by atoms with Crippen molar-refractivity contribution in [3.8, 4) is 0 Å². The maximum Gasteiger partial charge on any atom is 0.0184 e. The van der Waals surface area contributed by atoms with Crippen LogP contribution in [-0.4, -0.2) is 38.1 Å². The van der Waals surface area contributed by atoms with E-state index in [1.54, 1.807) is 0 Å². The number of hydrogen-bond acceptors (Lipinski definition) is 2. The van der Waals surface area contributed by atoms with E-state index in [1.165, 1.54) is 37.9 Å². The van der Waals surface area contributed by atoms with Crippen molar-refractivity contribution >= 4 is 0 Å². The Kier molecular flexibility index (Phi) is 9.65. The van der Waals surface area contributed by atoms with Gasteiger partial charge in [0.15, 0.2) is 0 Å². The van der Waals surface area contributed by atoms with E-state index < -0.39 is 0 Å². The number of nitrogens with zero attached hydrogens (tertiary/aromatic N) is 1. The van der Waals surface area contributed by atoms with Gasteiger partial charge in [0.2, 0.25) is 0 Å². The molecule has 0 heterocycles. The van der Waals surface area contributed by atoms with Crippen LogP contribution < -0.4 is 5.32 Å². The average molecular weight is 226 g/mol. The molecule has 16 heavy (non-hydrogen) atoms. The molecule has 0 aliphatic carbocycles. The van der Waals surface area contributed by atoms with Crippen molar-refractivity contribution in [1.29, 1.82) is 0 Å². The Morgan fingerprint density at radius 2 is 1.94 bits per heavy atom. The Bertz CT molecular complexity index is 176. The molecule has 0 aromatic carbocycles. The second-order valence-electron chi connectivity index (χ2n) is 5.35. The summed E-state index contributed by atoms with van der Waals surface area (Å²) in [6.07, 6.45) is 3.92. The van der Waals surface area contributed by atoms with Crippen molar-refractivity contribution in [1.82, 2.24) is 10.2 Å². The van der Waals surface area contributed by atoms with Gasteiger partial charge in [-0.15, -0.1) is 0 Å². The lowest BCUT2D eigenvalue weighted by Gasteiger charge is -2.16. The monoisotopic (exact) mass is 226 g/mol. The zero-order chi connectivity index (χ0) is 12.4. The fourth-order valence-corrected chi connectivity index (χ4v) is 1.74. The Labute approximate surface area is 102 Å². The summed E-state index contributed by atoms with van der Waals surface area (Å²) in [7, 11) is 2.17. The third-order valence-corrected chi connectivity index (χ3v) is 2.49. The summed E-state index contributed by atoms with van der Waals surface area (Å²) in [5.74, 6) is 0.765. The van der Waals surface area contributed by atoms with Gasteiger partial charge in [-0.2, -0.15) is 0 Å². The van der Waals surface area contributed by atoms with E-state index in [1.807, 2.05) is 0 Å². The summed E-state index contributed by atoms with van der Waals surface area (Å²) in [6.45, 7) is 15.1. The normalized spacial score (nSPS) is 11.4. The summed E-state index contributed by atoms with van der Waals surface area (Å²) in [5.41, 5.74) is 1.25. The second kappa shape index (κ2) is 9.86. The first-order valence-corrected chi connectivity index (χ1v) is 6.56. The molecule has 0 amide bonds. The Morgan fingerprint density at radius 3 is 2.50 bits per heavy atom. The molecule has 2 heteroatoms. The smallest absolute Gasteiger partial charge is 0.0184 e. The van der Waals surface area contributed by atoms with Crippen LogP contribution in [0.3, 0.4) is 0 Å². The van der Waals surface area contributed by atoms with Crippen molar-refractivity contribution in [2.45, 2.75) is 40.0 Å². The molecular formula is C14H30N2. The van der Waals surface area contributed by atoms with E-state index in [0.29, 0.717) is 0 Å². The minimum Gasteiger partial charge on any atom is -0.316 e. The largest absolute Gasteiger partial charge is 0.316 e. The fourth-order valence-electron chi connectivity index (χ4n) is 1.74. The lowest BCUT2D eigenvalue weighted by atomic mass is 10.2. The second-order valence-corrected chi connectivity index (χ2v) is 5.35. The predicted octanol–water partition coefficient (Wildman–Crippen LogP) is 2.91. The first kappa shape index (κ1) is 15.7. The molecule has 0 fully saturated rings. The van der Waals surface area contributed by atoms with Gasteiger partial charge in [-0.1, -0.05) is 32.4 Å². The van der Waals surface area contributed by atoms with E-state index in [0.717, 1.165) is 19.0 Å². The van der Waals surface area contributed by atoms with Crippen LogP contribution in [0, 0.1) is 5.92 Å². The van der Waals surface area contributed by atoms with Crippen molar-refractivity contribution in [3.63, 3.8) is 0 Å². The van der Waals surface area contributed by atoms with Crippen LogP contribution >= 0.6 is 0 Å². The predicted molar refractivity (Wildman–Crippen MR) is 73.9 cm³/mol. The lowest BCUT2D eigenvalue weighted by molar-refractivity contribution is 0.349. The van der Waals surface area contributed by atoms with Crippen LogP contribution in [0.2, 0.25) is 0 Å². The number of nitrogens with one attached hydrogen (secondary N) is 1. The molecular weight excluding hydrogens is 196 g/mol. The van der Waals surface area contributed by atoms with Gasteiger partial charge >= 0.3 is 0 Å². The fraction of sp³-hybridized carbons (Fsp3) is 0.857. The minimum atomic E-state index is 0.765. The molecule has 0 unspecified atom stereocenters. The number of rotatable bonds is 10. The number of unbranched alkanes of at least 4 members (excludes halogenated alkanes) is 2. The van der Waals surface area contributed by atoms with Gasteiger partial charge in [0.05, 0.1) is 0 Å². The number of likely N-dealkylation sites (N-methyl/N-ethyl adjacent to an activating group) is 1. The average Bonchev–Trinajstić information content (AvgIpc) is 2.14. The van der Waals surface area contributed by atoms with Gasteiger partial charge in [-0.05, 0) is 52.4 Å². The van der Waals surface area contributed by atoms with E-state index in [9.17, 15) is 0 Å². The van der Waals surface area contributed by atoms with Crippen molar-refractivity contribution < 1.29 is 0 Å². The highest BCUT2D eigenvalue weighted by Gasteiger charge is 1.98. The molecule has 1 N–H and O–H groups in total. The van der Waals surface area contributed by atoms with Crippen LogP contribution in [0.15, 0.2) is 12.2 Å². The molecule has 0 aliphatic heterocycles. The molecule has 0 aromatic heterocycles. The van der Waals surface area contributed by atoms with E-state index in [2.05, 4.69) is 44.6 Å². The molecule has 0 aliphatic rings. The zero-order valence-electron chi connectivity index (χ0n) is 11.7. The van der Waals surface area contributed by atoms with Crippen molar-refractivity contribution in [3.05, 3.63) is 12.2 Å². The molecule has 0 bridgehead atoms. The Hall–Kier alpha value is -0.340. The quantitative estimate of drug-likeness (QED) is 0.455. The van der Waals surface area contributed by atoms with Crippen molar-refractivity contribution in [2.24, 2.45) is 5.92 Å². The maximum atomic E-state index is 3.93. The van der Waals surface area contributed by atoms with E-state index in [-0.39, 0.29) is 0 Å². The maximum absolute atomic E-state index is 3.93. The van der Waals surface area contributed by atoms with Gasteiger partial charge < -0.3 is 10.2 Å². The third-order valence-electron chi connectivity index (χ3n) is 2.49. The molecule has 0 saturated carbocycles. The number of hydrogen-bond donors (Lipinski definition) is 1. The summed E-state index contributed by atoms with van der Waals surface area (Å²) < 4.78 is 0. The summed E-state index contributed by atoms with van der Waals surface area (Å²) in [4.78, 5) is 2.35. The topological polar surface area (TPSA) is 15.3 Å². The lowest BCUT2D eigenvalue weighted by Crippen LogP contribution is -2.22. The van der Waals surface area contributed by atoms with Gasteiger partial charge in [0, 0.05) is 6.54 Å². The Balaban J connectivity index is 3.17. The minimum absolute atomic E-state index is 0.765. The summed E-state index contributed by atoms with van der Waals surface area (Å²) >= 11 is 0. The molecule has 0 aromatic rings. The highest BCUT2D eigenvalue weighted by atomic mass is 15.1. The van der Waals surface area contributed by atoms with Gasteiger partial charge in [-0.25, -0.2) is 0 Å². The van der Waals surface area contributed by atoms with Crippen LogP contribution in [0.5, 0.6) is 0 Å². The molecule has 96 valence electrons.